The molecule has 0 aromatic heterocycles. The Morgan fingerprint density at radius 3 is 1.35 bits per heavy atom. The summed E-state index contributed by atoms with van der Waals surface area (Å²) in [6, 6.07) is 58.6. The van der Waals surface area contributed by atoms with Crippen LogP contribution >= 0.6 is 23.5 Å². The van der Waals surface area contributed by atoms with E-state index < -0.39 is 0 Å². The molecule has 3 heterocycles. The Bertz CT molecular complexity index is 2620. The number of para-hydroxylation sites is 4. The molecule has 0 spiro atoms. The number of hydrogen-bond acceptors (Lipinski definition) is 6. The molecular weight excluding hydrogens is 733 g/mol. The third-order valence-corrected chi connectivity index (χ3v) is 14.3. The van der Waals surface area contributed by atoms with Crippen LogP contribution in [0.25, 0.3) is 22.3 Å². The molecule has 1 N–H and O–H groups in total. The Morgan fingerprint density at radius 1 is 0.509 bits per heavy atom. The van der Waals surface area contributed by atoms with Crippen LogP contribution in [-0.4, -0.2) is 6.54 Å². The van der Waals surface area contributed by atoms with Crippen LogP contribution in [0.3, 0.4) is 0 Å². The van der Waals surface area contributed by atoms with Gasteiger partial charge in [-0.15, -0.1) is 0 Å². The second-order valence-corrected chi connectivity index (χ2v) is 17.6. The van der Waals surface area contributed by atoms with E-state index in [-0.39, 0.29) is 0 Å². The molecule has 0 amide bonds. The van der Waals surface area contributed by atoms with E-state index in [1.165, 1.54) is 95.1 Å². The highest BCUT2D eigenvalue weighted by Gasteiger charge is 2.36. The molecule has 4 aliphatic rings. The number of nitrogens with zero attached hydrogens (tertiary/aromatic N) is 3. The highest BCUT2D eigenvalue weighted by Crippen LogP contribution is 2.60. The minimum Gasteiger partial charge on any atom is -0.308 e. The molecule has 1 saturated carbocycles. The molecule has 1 aliphatic carbocycles. The van der Waals surface area contributed by atoms with Gasteiger partial charge in [-0.3, -0.25) is 0 Å². The van der Waals surface area contributed by atoms with E-state index in [1.54, 1.807) is 0 Å². The molecule has 3 aliphatic heterocycles. The largest absolute Gasteiger partial charge is 0.308 e. The Kier molecular flexibility index (Phi) is 8.69. The van der Waals surface area contributed by atoms with Crippen LogP contribution in [0.1, 0.15) is 60.8 Å². The van der Waals surface area contributed by atoms with Crippen LogP contribution in [0.2, 0.25) is 0 Å². The number of nitriles is 1. The Balaban J connectivity index is 1.31. The summed E-state index contributed by atoms with van der Waals surface area (Å²) in [6.45, 7) is 1.03. The lowest BCUT2D eigenvalue weighted by Gasteiger charge is -2.40. The minimum absolute atomic E-state index is 0.345. The highest BCUT2D eigenvalue weighted by molar-refractivity contribution is 8.00. The molecule has 0 bridgehead atoms. The molecule has 0 radical (unpaired) electrons. The number of anilines is 6. The van der Waals surface area contributed by atoms with Gasteiger partial charge in [0.25, 0.3) is 0 Å². The first-order valence-corrected chi connectivity index (χ1v) is 21.7. The SMILES string of the molecule is N#Cc1ccc(-c2c(N3c4ccccc4Sc4ccccc43)cc(N3c4ccccc4Sc4ccccc43)c(-c3ccc(C4CN4)cc3)c2C2CCCCC2)cc1. The molecule has 11 rings (SSSR count). The van der Waals surface area contributed by atoms with E-state index in [1.807, 2.05) is 35.7 Å². The maximum absolute atomic E-state index is 9.96. The van der Waals surface area contributed by atoms with E-state index in [2.05, 4.69) is 161 Å². The number of hydrogen-bond donors (Lipinski definition) is 1. The second-order valence-electron chi connectivity index (χ2n) is 15.4. The number of benzene rings is 7. The van der Waals surface area contributed by atoms with Crippen LogP contribution in [0.4, 0.5) is 34.1 Å². The van der Waals surface area contributed by atoms with Gasteiger partial charge in [-0.2, -0.15) is 5.26 Å². The average molecular weight is 773 g/mol. The fourth-order valence-electron chi connectivity index (χ4n) is 9.25. The molecule has 1 saturated heterocycles. The van der Waals surface area contributed by atoms with Gasteiger partial charge in [-0.1, -0.05) is 128 Å². The normalized spacial score (nSPS) is 16.9. The van der Waals surface area contributed by atoms with Gasteiger partial charge in [0, 0.05) is 43.3 Å². The molecule has 276 valence electrons. The van der Waals surface area contributed by atoms with Gasteiger partial charge in [0.05, 0.1) is 45.8 Å². The van der Waals surface area contributed by atoms with E-state index in [0.717, 1.165) is 30.6 Å². The first-order valence-electron chi connectivity index (χ1n) is 20.1. The van der Waals surface area contributed by atoms with Gasteiger partial charge >= 0.3 is 0 Å². The third kappa shape index (κ3) is 6.04. The van der Waals surface area contributed by atoms with E-state index in [4.69, 9.17) is 0 Å². The van der Waals surface area contributed by atoms with Crippen molar-refractivity contribution in [3.8, 4) is 28.3 Å². The summed E-state index contributed by atoms with van der Waals surface area (Å²) in [5.74, 6) is 0.345. The summed E-state index contributed by atoms with van der Waals surface area (Å²) in [5, 5.41) is 13.5. The van der Waals surface area contributed by atoms with Crippen molar-refractivity contribution in [3.63, 3.8) is 0 Å². The molecule has 6 heteroatoms. The highest BCUT2D eigenvalue weighted by atomic mass is 32.2. The lowest BCUT2D eigenvalue weighted by atomic mass is 9.75. The van der Waals surface area contributed by atoms with Crippen LogP contribution < -0.4 is 15.1 Å². The van der Waals surface area contributed by atoms with Crippen molar-refractivity contribution in [2.75, 3.05) is 16.3 Å². The minimum atomic E-state index is 0.345. The zero-order valence-electron chi connectivity index (χ0n) is 31.5. The van der Waals surface area contributed by atoms with Gasteiger partial charge < -0.3 is 15.1 Å². The van der Waals surface area contributed by atoms with Crippen molar-refractivity contribution < 1.29 is 0 Å². The van der Waals surface area contributed by atoms with E-state index >= 15 is 0 Å². The van der Waals surface area contributed by atoms with Crippen molar-refractivity contribution in [3.05, 3.63) is 168 Å². The molecule has 4 nitrogen and oxygen atoms in total. The fraction of sp³-hybridized carbons (Fsp3) is 0.157. The number of fused-ring (bicyclic) bond motifs is 4. The van der Waals surface area contributed by atoms with Gasteiger partial charge in [0.2, 0.25) is 0 Å². The molecule has 7 aromatic rings. The summed E-state index contributed by atoms with van der Waals surface area (Å²) >= 11 is 3.70. The number of rotatable bonds is 6. The van der Waals surface area contributed by atoms with Gasteiger partial charge in [-0.25, -0.2) is 0 Å². The van der Waals surface area contributed by atoms with Crippen molar-refractivity contribution >= 4 is 57.6 Å². The van der Waals surface area contributed by atoms with Crippen molar-refractivity contribution in [1.82, 2.24) is 5.32 Å². The molecule has 57 heavy (non-hydrogen) atoms. The van der Waals surface area contributed by atoms with Crippen LogP contribution in [0.5, 0.6) is 0 Å². The monoisotopic (exact) mass is 772 g/mol. The van der Waals surface area contributed by atoms with Crippen LogP contribution in [-0.2, 0) is 0 Å². The Hall–Kier alpha value is -5.71. The third-order valence-electron chi connectivity index (χ3n) is 12.0. The van der Waals surface area contributed by atoms with Gasteiger partial charge in [0.15, 0.2) is 0 Å². The quantitative estimate of drug-likeness (QED) is 0.170. The average Bonchev–Trinajstić information content (AvgIpc) is 4.13. The topological polar surface area (TPSA) is 52.2 Å². The van der Waals surface area contributed by atoms with Gasteiger partial charge in [-0.05, 0) is 108 Å². The van der Waals surface area contributed by atoms with Crippen LogP contribution in [0.15, 0.2) is 171 Å². The Morgan fingerprint density at radius 2 is 0.930 bits per heavy atom. The number of nitrogens with one attached hydrogen (secondary N) is 1. The lowest BCUT2D eigenvalue weighted by molar-refractivity contribution is 0.445. The second kappa shape index (κ2) is 14.3. The summed E-state index contributed by atoms with van der Waals surface area (Å²) in [6.07, 6.45) is 5.95. The molecule has 7 aromatic carbocycles. The summed E-state index contributed by atoms with van der Waals surface area (Å²) in [4.78, 5) is 10.1. The van der Waals surface area contributed by atoms with E-state index in [0.29, 0.717) is 17.5 Å². The first-order chi connectivity index (χ1) is 28.2. The summed E-state index contributed by atoms with van der Waals surface area (Å²) in [5.41, 5.74) is 15.4. The van der Waals surface area contributed by atoms with Crippen molar-refractivity contribution in [2.45, 2.75) is 63.6 Å². The Labute approximate surface area is 343 Å². The predicted octanol–water partition coefficient (Wildman–Crippen LogP) is 14.5. The van der Waals surface area contributed by atoms with Gasteiger partial charge in [0.1, 0.15) is 0 Å². The van der Waals surface area contributed by atoms with Crippen molar-refractivity contribution in [2.24, 2.45) is 0 Å². The maximum atomic E-state index is 9.96. The summed E-state index contributed by atoms with van der Waals surface area (Å²) < 4.78 is 0. The zero-order chi connectivity index (χ0) is 37.9. The lowest BCUT2D eigenvalue weighted by Crippen LogP contribution is -2.21. The molecule has 2 fully saturated rings. The smallest absolute Gasteiger partial charge is 0.0991 e. The van der Waals surface area contributed by atoms with Crippen LogP contribution in [0, 0.1) is 11.3 Å². The first kappa shape index (κ1) is 34.5. The maximum Gasteiger partial charge on any atom is 0.0991 e. The molecule has 1 atom stereocenters. The molecule has 1 unspecified atom stereocenters. The van der Waals surface area contributed by atoms with Crippen molar-refractivity contribution in [1.29, 1.82) is 5.26 Å². The zero-order valence-corrected chi connectivity index (χ0v) is 33.1. The molecular formula is C51H40N4S2. The predicted molar refractivity (Wildman–Crippen MR) is 236 cm³/mol. The fourth-order valence-corrected chi connectivity index (χ4v) is 11.4. The van der Waals surface area contributed by atoms with E-state index in [9.17, 15) is 5.26 Å². The standard InChI is InChI=1S/C51H40N4S2/c52-31-33-22-24-36(25-23-33)49-43(54-39-14-4-8-18-45(39)56-46-19-9-5-15-40(46)54)30-44(55-41-16-6-10-20-47(41)57-48-21-11-7-17-42(48)55)50(51(49)35-12-2-1-3-13-35)37-28-26-34(27-29-37)38-32-53-38/h4-11,14-30,35,38,53H,1-3,12-13,32H2. The summed E-state index contributed by atoms with van der Waals surface area (Å²) in [7, 11) is 0.